The highest BCUT2D eigenvalue weighted by Crippen LogP contribution is 2.19. The van der Waals surface area contributed by atoms with Gasteiger partial charge in [-0.3, -0.25) is 0 Å². The van der Waals surface area contributed by atoms with E-state index in [1.807, 2.05) is 13.8 Å². The minimum absolute atomic E-state index is 0. The lowest BCUT2D eigenvalue weighted by molar-refractivity contribution is -0.0530. The van der Waals surface area contributed by atoms with Crippen LogP contribution in [0.2, 0.25) is 0 Å². The molecular weight excluding hydrogens is 338 g/mol. The summed E-state index contributed by atoms with van der Waals surface area (Å²) >= 11 is 0. The van der Waals surface area contributed by atoms with Gasteiger partial charge in [-0.1, -0.05) is 13.8 Å². The van der Waals surface area contributed by atoms with Crippen LogP contribution in [0.1, 0.15) is 61.2 Å². The third-order valence-corrected chi connectivity index (χ3v) is 6.63. The SMILES string of the molecule is CC.CC(C)S(=O)(=O)NCCCN1CCC(OC2CCNCC2)CC1.[HH]. The van der Waals surface area contributed by atoms with E-state index in [0.29, 0.717) is 18.8 Å². The van der Waals surface area contributed by atoms with Crippen molar-refractivity contribution in [1.82, 2.24) is 14.9 Å². The van der Waals surface area contributed by atoms with E-state index < -0.39 is 10.0 Å². The first kappa shape index (κ1) is 22.8. The van der Waals surface area contributed by atoms with E-state index >= 15 is 0 Å². The molecule has 0 spiro atoms. The molecule has 2 rings (SSSR count). The largest absolute Gasteiger partial charge is 0.375 e. The second kappa shape index (κ2) is 12.2. The molecule has 152 valence electrons. The van der Waals surface area contributed by atoms with Gasteiger partial charge in [0.25, 0.3) is 0 Å². The Morgan fingerprint density at radius 3 is 2.24 bits per heavy atom. The number of nitrogens with zero attached hydrogens (tertiary/aromatic N) is 1. The highest BCUT2D eigenvalue weighted by atomic mass is 32.2. The fourth-order valence-electron chi connectivity index (χ4n) is 3.16. The van der Waals surface area contributed by atoms with Gasteiger partial charge in [-0.2, -0.15) is 0 Å². The lowest BCUT2D eigenvalue weighted by atomic mass is 10.1. The lowest BCUT2D eigenvalue weighted by Gasteiger charge is -2.35. The summed E-state index contributed by atoms with van der Waals surface area (Å²) in [6, 6.07) is 0. The average Bonchev–Trinajstić information content (AvgIpc) is 2.62. The van der Waals surface area contributed by atoms with E-state index in [9.17, 15) is 8.42 Å². The first-order valence-corrected chi connectivity index (χ1v) is 11.6. The summed E-state index contributed by atoms with van der Waals surface area (Å²) in [6.07, 6.45) is 6.19. The van der Waals surface area contributed by atoms with Crippen LogP contribution in [0.4, 0.5) is 0 Å². The second-order valence-corrected chi connectivity index (χ2v) is 9.29. The predicted octanol–water partition coefficient (Wildman–Crippen LogP) is 2.21. The molecule has 0 atom stereocenters. The number of hydrogen-bond acceptors (Lipinski definition) is 5. The normalized spacial score (nSPS) is 21.2. The van der Waals surface area contributed by atoms with Crippen LogP contribution in [0.5, 0.6) is 0 Å². The summed E-state index contributed by atoms with van der Waals surface area (Å²) in [6.45, 7) is 13.2. The number of nitrogens with one attached hydrogen (secondary N) is 2. The second-order valence-electron chi connectivity index (χ2n) is 6.97. The van der Waals surface area contributed by atoms with E-state index in [1.165, 1.54) is 0 Å². The number of rotatable bonds is 8. The van der Waals surface area contributed by atoms with E-state index in [0.717, 1.165) is 64.8 Å². The molecule has 0 unspecified atom stereocenters. The number of sulfonamides is 1. The van der Waals surface area contributed by atoms with Crippen LogP contribution in [0, 0.1) is 0 Å². The van der Waals surface area contributed by atoms with Crippen LogP contribution in [-0.2, 0) is 14.8 Å². The van der Waals surface area contributed by atoms with Crippen molar-refractivity contribution in [1.29, 1.82) is 0 Å². The maximum Gasteiger partial charge on any atom is 0.213 e. The summed E-state index contributed by atoms with van der Waals surface area (Å²) in [5.74, 6) is 0. The summed E-state index contributed by atoms with van der Waals surface area (Å²) < 4.78 is 32.2. The van der Waals surface area contributed by atoms with Crippen molar-refractivity contribution in [2.75, 3.05) is 39.3 Å². The van der Waals surface area contributed by atoms with Crippen molar-refractivity contribution in [2.45, 2.75) is 77.3 Å². The smallest absolute Gasteiger partial charge is 0.213 e. The highest BCUT2D eigenvalue weighted by molar-refractivity contribution is 7.90. The Labute approximate surface area is 156 Å². The molecule has 2 fully saturated rings. The highest BCUT2D eigenvalue weighted by Gasteiger charge is 2.23. The van der Waals surface area contributed by atoms with Crippen molar-refractivity contribution >= 4 is 10.0 Å². The zero-order valence-corrected chi connectivity index (χ0v) is 17.4. The van der Waals surface area contributed by atoms with Crippen LogP contribution in [0.15, 0.2) is 0 Å². The van der Waals surface area contributed by atoms with E-state index in [2.05, 4.69) is 14.9 Å². The molecule has 2 aliphatic heterocycles. The van der Waals surface area contributed by atoms with Gasteiger partial charge in [-0.05, 0) is 65.6 Å². The third-order valence-electron chi connectivity index (χ3n) is 4.78. The molecule has 2 saturated heterocycles. The molecule has 2 aliphatic rings. The Bertz CT molecular complexity index is 435. The van der Waals surface area contributed by atoms with Gasteiger partial charge in [-0.25, -0.2) is 13.1 Å². The fourth-order valence-corrected chi connectivity index (χ4v) is 3.92. The topological polar surface area (TPSA) is 70.7 Å². The van der Waals surface area contributed by atoms with E-state index in [4.69, 9.17) is 4.74 Å². The van der Waals surface area contributed by atoms with E-state index in [-0.39, 0.29) is 6.68 Å². The zero-order chi connectivity index (χ0) is 18.7. The van der Waals surface area contributed by atoms with Gasteiger partial charge in [0.05, 0.1) is 17.5 Å². The third kappa shape index (κ3) is 8.82. The van der Waals surface area contributed by atoms with Gasteiger partial charge in [0.2, 0.25) is 10.0 Å². The standard InChI is InChI=1S/C16H33N3O3S.C2H6.H2/c1-14(2)23(20,21)18-8-3-11-19-12-6-16(7-13-19)22-15-4-9-17-10-5-15;1-2;/h14-18H,3-13H2,1-2H3;1-2H3;1H. The summed E-state index contributed by atoms with van der Waals surface area (Å²) in [7, 11) is -3.12. The van der Waals surface area contributed by atoms with Crippen molar-refractivity contribution in [3.63, 3.8) is 0 Å². The molecule has 0 aromatic carbocycles. The minimum Gasteiger partial charge on any atom is -0.375 e. The molecule has 6 nitrogen and oxygen atoms in total. The number of hydrogen-bond donors (Lipinski definition) is 2. The van der Waals surface area contributed by atoms with Crippen LogP contribution in [0.25, 0.3) is 0 Å². The maximum absolute atomic E-state index is 11.7. The first-order chi connectivity index (χ1) is 12.0. The monoisotopic (exact) mass is 379 g/mol. The van der Waals surface area contributed by atoms with Crippen molar-refractivity contribution in [3.05, 3.63) is 0 Å². The first-order valence-electron chi connectivity index (χ1n) is 10.0. The lowest BCUT2D eigenvalue weighted by Crippen LogP contribution is -2.41. The summed E-state index contributed by atoms with van der Waals surface area (Å²) in [4.78, 5) is 2.42. The Hall–Kier alpha value is -0.210. The van der Waals surface area contributed by atoms with E-state index in [1.54, 1.807) is 13.8 Å². The maximum atomic E-state index is 11.7. The molecule has 2 N–H and O–H groups in total. The molecule has 25 heavy (non-hydrogen) atoms. The minimum atomic E-state index is -3.12. The molecular formula is C18H41N3O3S. The van der Waals surface area contributed by atoms with Crippen LogP contribution in [-0.4, -0.2) is 70.0 Å². The van der Waals surface area contributed by atoms with Gasteiger partial charge < -0.3 is 15.0 Å². The van der Waals surface area contributed by atoms with Gasteiger partial charge in [0.1, 0.15) is 0 Å². The Morgan fingerprint density at radius 2 is 1.68 bits per heavy atom. The predicted molar refractivity (Wildman–Crippen MR) is 107 cm³/mol. The molecule has 0 aromatic heterocycles. The van der Waals surface area contributed by atoms with Crippen molar-refractivity contribution in [3.8, 4) is 0 Å². The Morgan fingerprint density at radius 1 is 1.12 bits per heavy atom. The van der Waals surface area contributed by atoms with Crippen molar-refractivity contribution < 1.29 is 14.6 Å². The molecule has 0 amide bonds. The Kier molecular flexibility index (Phi) is 11.2. The zero-order valence-electron chi connectivity index (χ0n) is 16.6. The molecule has 0 radical (unpaired) electrons. The van der Waals surface area contributed by atoms with Gasteiger partial charge in [-0.15, -0.1) is 0 Å². The number of likely N-dealkylation sites (tertiary alicyclic amines) is 1. The van der Waals surface area contributed by atoms with Crippen molar-refractivity contribution in [2.24, 2.45) is 0 Å². The quantitative estimate of drug-likeness (QED) is 0.633. The van der Waals surface area contributed by atoms with Crippen LogP contribution < -0.4 is 10.0 Å². The fraction of sp³-hybridized carbons (Fsp3) is 1.00. The molecule has 0 saturated carbocycles. The molecule has 0 bridgehead atoms. The van der Waals surface area contributed by atoms with Gasteiger partial charge in [0.15, 0.2) is 0 Å². The number of piperidine rings is 2. The summed E-state index contributed by atoms with van der Waals surface area (Å²) in [5, 5.41) is 3.01. The average molecular weight is 380 g/mol. The van der Waals surface area contributed by atoms with Crippen LogP contribution >= 0.6 is 0 Å². The molecule has 0 aromatic rings. The summed E-state index contributed by atoms with van der Waals surface area (Å²) in [5.41, 5.74) is 0. The number of ether oxygens (including phenoxy) is 1. The van der Waals surface area contributed by atoms with Gasteiger partial charge in [0, 0.05) is 21.1 Å². The molecule has 2 heterocycles. The van der Waals surface area contributed by atoms with Crippen LogP contribution in [0.3, 0.4) is 0 Å². The molecule has 7 heteroatoms. The van der Waals surface area contributed by atoms with Gasteiger partial charge >= 0.3 is 0 Å². The Balaban J connectivity index is 0.00000201. The molecule has 0 aliphatic carbocycles.